The van der Waals surface area contributed by atoms with Crippen LogP contribution in [0, 0.1) is 6.92 Å². The van der Waals surface area contributed by atoms with Crippen molar-refractivity contribution >= 4 is 34.5 Å². The van der Waals surface area contributed by atoms with Crippen LogP contribution in [0.3, 0.4) is 0 Å². The molecule has 0 saturated heterocycles. The van der Waals surface area contributed by atoms with Crippen molar-refractivity contribution < 1.29 is 4.79 Å². The van der Waals surface area contributed by atoms with Gasteiger partial charge in [-0.05, 0) is 35.4 Å². The Labute approximate surface area is 173 Å². The van der Waals surface area contributed by atoms with Gasteiger partial charge < -0.3 is 0 Å². The number of hydrazone groups is 1. The third-order valence-electron chi connectivity index (χ3n) is 4.66. The summed E-state index contributed by atoms with van der Waals surface area (Å²) in [5.74, 6) is -0.193. The van der Waals surface area contributed by atoms with E-state index in [0.717, 1.165) is 27.7 Å². The smallest absolute Gasteiger partial charge is 0.244 e. The van der Waals surface area contributed by atoms with E-state index in [9.17, 15) is 4.79 Å². The number of nitrogens with zero attached hydrogens (tertiary/aromatic N) is 3. The third kappa shape index (κ3) is 4.05. The normalized spacial score (nSPS) is 11.2. The highest BCUT2D eigenvalue weighted by molar-refractivity contribution is 6.32. The molecule has 0 saturated carbocycles. The van der Waals surface area contributed by atoms with E-state index in [-0.39, 0.29) is 12.3 Å². The first-order chi connectivity index (χ1) is 14.1. The molecule has 0 bridgehead atoms. The number of rotatable bonds is 5. The number of benzene rings is 3. The zero-order chi connectivity index (χ0) is 20.2. The first-order valence-corrected chi connectivity index (χ1v) is 9.60. The molecular weight excluding hydrogens is 384 g/mol. The molecule has 1 N–H and O–H groups in total. The molecule has 3 aromatic carbocycles. The van der Waals surface area contributed by atoms with Crippen LogP contribution in [0.1, 0.15) is 16.8 Å². The number of carbonyl (C=O) groups excluding carboxylic acids is 1. The van der Waals surface area contributed by atoms with Gasteiger partial charge in [-0.3, -0.25) is 4.79 Å². The van der Waals surface area contributed by atoms with Crippen molar-refractivity contribution in [3.8, 4) is 5.69 Å². The van der Waals surface area contributed by atoms with Crippen LogP contribution in [0.2, 0.25) is 5.15 Å². The van der Waals surface area contributed by atoms with Gasteiger partial charge in [0, 0.05) is 0 Å². The molecule has 5 nitrogen and oxygen atoms in total. The summed E-state index contributed by atoms with van der Waals surface area (Å²) in [5, 5.41) is 11.2. The molecule has 0 aliphatic carbocycles. The maximum Gasteiger partial charge on any atom is 0.244 e. The number of fused-ring (bicyclic) bond motifs is 1. The van der Waals surface area contributed by atoms with Crippen LogP contribution >= 0.6 is 11.6 Å². The first kappa shape index (κ1) is 18.9. The Morgan fingerprint density at radius 3 is 2.62 bits per heavy atom. The van der Waals surface area contributed by atoms with Crippen molar-refractivity contribution in [1.82, 2.24) is 15.2 Å². The average Bonchev–Trinajstić information content (AvgIpc) is 3.03. The van der Waals surface area contributed by atoms with Gasteiger partial charge in [0.15, 0.2) is 0 Å². The summed E-state index contributed by atoms with van der Waals surface area (Å²) < 4.78 is 1.65. The average molecular weight is 403 g/mol. The number of carbonyl (C=O) groups is 1. The molecule has 144 valence electrons. The quantitative estimate of drug-likeness (QED) is 0.389. The van der Waals surface area contributed by atoms with E-state index >= 15 is 0 Å². The molecule has 1 aromatic heterocycles. The number of halogens is 1. The minimum absolute atomic E-state index is 0.193. The monoisotopic (exact) mass is 402 g/mol. The second-order valence-corrected chi connectivity index (χ2v) is 7.00. The van der Waals surface area contributed by atoms with E-state index in [0.29, 0.717) is 10.7 Å². The van der Waals surface area contributed by atoms with Crippen molar-refractivity contribution in [3.05, 3.63) is 94.8 Å². The van der Waals surface area contributed by atoms with Gasteiger partial charge in [0.1, 0.15) is 5.15 Å². The van der Waals surface area contributed by atoms with Gasteiger partial charge in [0.25, 0.3) is 0 Å². The Morgan fingerprint density at radius 1 is 1.07 bits per heavy atom. The van der Waals surface area contributed by atoms with Gasteiger partial charge in [-0.2, -0.15) is 10.2 Å². The van der Waals surface area contributed by atoms with Crippen molar-refractivity contribution in [2.45, 2.75) is 13.3 Å². The molecule has 29 heavy (non-hydrogen) atoms. The SMILES string of the molecule is Cc1nn(-c2ccccc2)c(Cl)c1/C=N/NC(=O)Cc1cccc2ccccc12. The van der Waals surface area contributed by atoms with Crippen LogP contribution in [-0.4, -0.2) is 21.9 Å². The lowest BCUT2D eigenvalue weighted by Gasteiger charge is -2.05. The van der Waals surface area contributed by atoms with Gasteiger partial charge in [-0.1, -0.05) is 72.3 Å². The Kier molecular flexibility index (Phi) is 5.40. The number of amides is 1. The summed E-state index contributed by atoms with van der Waals surface area (Å²) in [7, 11) is 0. The molecule has 1 heterocycles. The predicted octanol–water partition coefficient (Wildman–Crippen LogP) is 4.68. The van der Waals surface area contributed by atoms with Crippen molar-refractivity contribution in [2.75, 3.05) is 0 Å². The Balaban J connectivity index is 1.48. The number of aryl methyl sites for hydroxylation is 1. The summed E-state index contributed by atoms with van der Waals surface area (Å²) in [4.78, 5) is 12.4. The number of nitrogens with one attached hydrogen (secondary N) is 1. The minimum Gasteiger partial charge on any atom is -0.273 e. The highest BCUT2D eigenvalue weighted by Crippen LogP contribution is 2.22. The molecule has 0 atom stereocenters. The van der Waals surface area contributed by atoms with Crippen LogP contribution in [-0.2, 0) is 11.2 Å². The standard InChI is InChI=1S/C23H19ClN4O/c1-16-21(23(24)28(27-16)19-11-3-2-4-12-19)15-25-26-22(29)14-18-10-7-9-17-8-5-6-13-20(17)18/h2-13,15H,14H2,1H3,(H,26,29)/b25-15+. The number of hydrogen-bond donors (Lipinski definition) is 1. The van der Waals surface area contributed by atoms with Crippen molar-refractivity contribution in [2.24, 2.45) is 5.10 Å². The van der Waals surface area contributed by atoms with E-state index in [4.69, 9.17) is 11.6 Å². The molecule has 4 aromatic rings. The van der Waals surface area contributed by atoms with Gasteiger partial charge in [0.05, 0.1) is 29.6 Å². The minimum atomic E-state index is -0.193. The van der Waals surface area contributed by atoms with Gasteiger partial charge in [-0.15, -0.1) is 0 Å². The van der Waals surface area contributed by atoms with Gasteiger partial charge in [-0.25, -0.2) is 10.1 Å². The summed E-state index contributed by atoms with van der Waals surface area (Å²) in [5.41, 5.74) is 5.80. The summed E-state index contributed by atoms with van der Waals surface area (Å²) in [6.07, 6.45) is 1.78. The van der Waals surface area contributed by atoms with E-state index in [1.165, 1.54) is 6.21 Å². The molecule has 0 radical (unpaired) electrons. The van der Waals surface area contributed by atoms with Gasteiger partial charge in [0.2, 0.25) is 5.91 Å². The number of para-hydroxylation sites is 1. The Hall–Kier alpha value is -3.44. The number of aromatic nitrogens is 2. The molecular formula is C23H19ClN4O. The first-order valence-electron chi connectivity index (χ1n) is 9.22. The summed E-state index contributed by atoms with van der Waals surface area (Å²) >= 11 is 6.47. The lowest BCUT2D eigenvalue weighted by Crippen LogP contribution is -2.20. The van der Waals surface area contributed by atoms with Crippen LogP contribution in [0.5, 0.6) is 0 Å². The van der Waals surface area contributed by atoms with E-state index < -0.39 is 0 Å². The lowest BCUT2D eigenvalue weighted by atomic mass is 10.0. The maximum absolute atomic E-state index is 12.4. The van der Waals surface area contributed by atoms with Gasteiger partial charge >= 0.3 is 0 Å². The molecule has 0 fully saturated rings. The second kappa shape index (κ2) is 8.29. The molecule has 0 spiro atoms. The number of hydrogen-bond acceptors (Lipinski definition) is 3. The van der Waals surface area contributed by atoms with E-state index in [1.807, 2.05) is 79.7 Å². The van der Waals surface area contributed by atoms with Crippen LogP contribution in [0.25, 0.3) is 16.5 Å². The third-order valence-corrected chi connectivity index (χ3v) is 5.03. The van der Waals surface area contributed by atoms with Crippen molar-refractivity contribution in [3.63, 3.8) is 0 Å². The zero-order valence-corrected chi connectivity index (χ0v) is 16.6. The van der Waals surface area contributed by atoms with Crippen molar-refractivity contribution in [1.29, 1.82) is 0 Å². The van der Waals surface area contributed by atoms with E-state index in [2.05, 4.69) is 15.6 Å². The fourth-order valence-electron chi connectivity index (χ4n) is 3.23. The largest absolute Gasteiger partial charge is 0.273 e. The second-order valence-electron chi connectivity index (χ2n) is 6.65. The summed E-state index contributed by atoms with van der Waals surface area (Å²) in [6, 6.07) is 23.6. The predicted molar refractivity (Wildman–Crippen MR) is 117 cm³/mol. The zero-order valence-electron chi connectivity index (χ0n) is 15.8. The molecule has 1 amide bonds. The van der Waals surface area contributed by atoms with Crippen LogP contribution < -0.4 is 5.43 Å². The molecule has 0 aliphatic heterocycles. The summed E-state index contributed by atoms with van der Waals surface area (Å²) in [6.45, 7) is 1.85. The fourth-order valence-corrected chi connectivity index (χ4v) is 3.55. The van der Waals surface area contributed by atoms with E-state index in [1.54, 1.807) is 4.68 Å². The molecule has 6 heteroatoms. The highest BCUT2D eigenvalue weighted by Gasteiger charge is 2.13. The molecule has 4 rings (SSSR count). The maximum atomic E-state index is 12.4. The highest BCUT2D eigenvalue weighted by atomic mass is 35.5. The topological polar surface area (TPSA) is 59.3 Å². The van der Waals surface area contributed by atoms with Crippen LogP contribution in [0.15, 0.2) is 77.9 Å². The Bertz CT molecular complexity index is 1190. The molecule has 0 aliphatic rings. The molecule has 0 unspecified atom stereocenters. The Morgan fingerprint density at radius 2 is 1.79 bits per heavy atom. The fraction of sp³-hybridized carbons (Fsp3) is 0.0870. The van der Waals surface area contributed by atoms with Crippen LogP contribution in [0.4, 0.5) is 0 Å². The lowest BCUT2D eigenvalue weighted by molar-refractivity contribution is -0.120.